The number of aliphatic hydroxyl groups is 1. The zero-order chi connectivity index (χ0) is 14.3. The predicted molar refractivity (Wildman–Crippen MR) is 71.9 cm³/mol. The number of hydrogen-bond acceptors (Lipinski definition) is 4. The van der Waals surface area contributed by atoms with Gasteiger partial charge in [-0.3, -0.25) is 10.1 Å². The van der Waals surface area contributed by atoms with E-state index in [0.29, 0.717) is 6.42 Å². The molecule has 1 atom stereocenters. The molecule has 0 saturated carbocycles. The molecular weight excluding hydrogens is 246 g/mol. The lowest BCUT2D eigenvalue weighted by atomic mass is 10.1. The largest absolute Gasteiger partial charge is 0.490 e. The van der Waals surface area contributed by atoms with Crippen LogP contribution in [0.25, 0.3) is 0 Å². The summed E-state index contributed by atoms with van der Waals surface area (Å²) >= 11 is 0. The fourth-order valence-electron chi connectivity index (χ4n) is 1.63. The van der Waals surface area contributed by atoms with Crippen molar-refractivity contribution in [3.05, 3.63) is 33.9 Å². The van der Waals surface area contributed by atoms with Crippen molar-refractivity contribution >= 4 is 5.69 Å². The number of rotatable bonds is 5. The van der Waals surface area contributed by atoms with Crippen molar-refractivity contribution < 1.29 is 14.8 Å². The number of nitro groups is 1. The molecule has 0 fully saturated rings. The van der Waals surface area contributed by atoms with Crippen LogP contribution in [0.15, 0.2) is 18.2 Å². The van der Waals surface area contributed by atoms with Gasteiger partial charge in [-0.25, -0.2) is 0 Å². The first-order chi connectivity index (χ1) is 9.11. The zero-order valence-electron chi connectivity index (χ0n) is 11.0. The van der Waals surface area contributed by atoms with Crippen molar-refractivity contribution in [1.29, 1.82) is 0 Å². The van der Waals surface area contributed by atoms with Gasteiger partial charge in [-0.15, -0.1) is 5.92 Å². The van der Waals surface area contributed by atoms with Crippen molar-refractivity contribution in [1.82, 2.24) is 0 Å². The third-order valence-corrected chi connectivity index (χ3v) is 2.62. The lowest BCUT2D eigenvalue weighted by Crippen LogP contribution is -2.02. The molecule has 19 heavy (non-hydrogen) atoms. The molecule has 0 saturated heterocycles. The normalized spacial score (nSPS) is 11.3. The van der Waals surface area contributed by atoms with Gasteiger partial charge in [0.15, 0.2) is 5.75 Å². The highest BCUT2D eigenvalue weighted by atomic mass is 16.6. The molecule has 0 radical (unpaired) electrons. The Balaban J connectivity index is 3.04. The molecule has 0 aromatic heterocycles. The first kappa shape index (κ1) is 15.0. The number of hydrogen-bond donors (Lipinski definition) is 1. The highest BCUT2D eigenvalue weighted by Crippen LogP contribution is 2.33. The molecule has 5 nitrogen and oxygen atoms in total. The monoisotopic (exact) mass is 263 g/mol. The van der Waals surface area contributed by atoms with E-state index in [1.807, 2.05) is 6.92 Å². The quantitative estimate of drug-likeness (QED) is 0.384. The van der Waals surface area contributed by atoms with Crippen LogP contribution >= 0.6 is 0 Å². The van der Waals surface area contributed by atoms with Crippen LogP contribution in [-0.4, -0.2) is 17.1 Å². The Morgan fingerprint density at radius 2 is 2.26 bits per heavy atom. The van der Waals surface area contributed by atoms with Gasteiger partial charge in [0, 0.05) is 6.42 Å². The van der Waals surface area contributed by atoms with E-state index in [1.54, 1.807) is 6.07 Å². The van der Waals surface area contributed by atoms with Gasteiger partial charge in [-0.2, -0.15) is 0 Å². The van der Waals surface area contributed by atoms with Gasteiger partial charge in [0.2, 0.25) is 0 Å². The van der Waals surface area contributed by atoms with E-state index < -0.39 is 11.0 Å². The summed E-state index contributed by atoms with van der Waals surface area (Å²) in [6.07, 6.45) is 1.46. The van der Waals surface area contributed by atoms with Crippen LogP contribution < -0.4 is 4.74 Å². The molecule has 0 heterocycles. The van der Waals surface area contributed by atoms with Crippen molar-refractivity contribution in [3.63, 3.8) is 0 Å². The van der Waals surface area contributed by atoms with Crippen LogP contribution in [0.4, 0.5) is 5.69 Å². The minimum Gasteiger partial charge on any atom is -0.490 e. The van der Waals surface area contributed by atoms with Crippen LogP contribution in [0.2, 0.25) is 0 Å². The van der Waals surface area contributed by atoms with Crippen LogP contribution in [0.1, 0.15) is 37.9 Å². The topological polar surface area (TPSA) is 72.6 Å². The third-order valence-electron chi connectivity index (χ3n) is 2.62. The van der Waals surface area contributed by atoms with Gasteiger partial charge in [-0.1, -0.05) is 25.3 Å². The summed E-state index contributed by atoms with van der Waals surface area (Å²) in [5.41, 5.74) is -0.0735. The van der Waals surface area contributed by atoms with Gasteiger partial charge in [0.25, 0.3) is 0 Å². The van der Waals surface area contributed by atoms with Gasteiger partial charge in [0.1, 0.15) is 6.10 Å². The van der Waals surface area contributed by atoms with Gasteiger partial charge < -0.3 is 9.84 Å². The summed E-state index contributed by atoms with van der Waals surface area (Å²) in [7, 11) is 1.35. The van der Waals surface area contributed by atoms with Crippen molar-refractivity contribution in [2.24, 2.45) is 0 Å². The number of benzene rings is 1. The van der Waals surface area contributed by atoms with Gasteiger partial charge in [0.05, 0.1) is 17.6 Å². The van der Waals surface area contributed by atoms with Crippen molar-refractivity contribution in [3.8, 4) is 17.6 Å². The Hall–Kier alpha value is -2.06. The lowest BCUT2D eigenvalue weighted by Gasteiger charge is -2.08. The molecule has 0 amide bonds. The molecular formula is C14H17NO4. The third kappa shape index (κ3) is 3.97. The zero-order valence-corrected chi connectivity index (χ0v) is 11.0. The van der Waals surface area contributed by atoms with Crippen LogP contribution in [0.3, 0.4) is 0 Å². The first-order valence-electron chi connectivity index (χ1n) is 6.09. The second-order valence-electron chi connectivity index (χ2n) is 3.98. The maximum absolute atomic E-state index is 11.0. The highest BCUT2D eigenvalue weighted by Gasteiger charge is 2.24. The average Bonchev–Trinajstić information content (AvgIpc) is 2.42. The van der Waals surface area contributed by atoms with E-state index >= 15 is 0 Å². The molecule has 1 unspecified atom stereocenters. The Morgan fingerprint density at radius 1 is 1.53 bits per heavy atom. The second kappa shape index (κ2) is 7.39. The van der Waals surface area contributed by atoms with E-state index in [1.165, 1.54) is 19.2 Å². The summed E-state index contributed by atoms with van der Waals surface area (Å²) in [4.78, 5) is 10.5. The molecule has 0 bridgehead atoms. The summed E-state index contributed by atoms with van der Waals surface area (Å²) in [5.74, 6) is 5.57. The molecule has 0 aliphatic heterocycles. The summed E-state index contributed by atoms with van der Waals surface area (Å²) in [6.45, 7) is 2.05. The molecule has 1 rings (SSSR count). The van der Waals surface area contributed by atoms with E-state index in [-0.39, 0.29) is 17.0 Å². The van der Waals surface area contributed by atoms with Crippen molar-refractivity contribution in [2.45, 2.75) is 32.3 Å². The fourth-order valence-corrected chi connectivity index (χ4v) is 1.63. The predicted octanol–water partition coefficient (Wildman–Crippen LogP) is 2.83. The number of para-hydroxylation sites is 1. The second-order valence-corrected chi connectivity index (χ2v) is 3.98. The van der Waals surface area contributed by atoms with E-state index in [9.17, 15) is 15.2 Å². The number of aliphatic hydroxyl groups excluding tert-OH is 1. The maximum atomic E-state index is 11.0. The molecule has 0 spiro atoms. The molecule has 0 aliphatic rings. The summed E-state index contributed by atoms with van der Waals surface area (Å²) < 4.78 is 4.94. The van der Waals surface area contributed by atoms with E-state index in [0.717, 1.165) is 12.8 Å². The first-order valence-corrected chi connectivity index (χ1v) is 6.09. The summed E-state index contributed by atoms with van der Waals surface area (Å²) in [5, 5.41) is 21.0. The molecule has 1 N–H and O–H groups in total. The molecule has 0 aliphatic carbocycles. The SMILES string of the molecule is CCCCC#CC(O)c1cccc(OC)c1[N+](=O)[O-]. The number of unbranched alkanes of at least 4 members (excludes halogenated alkanes) is 2. The van der Waals surface area contributed by atoms with Crippen LogP contribution in [0.5, 0.6) is 5.75 Å². The van der Waals surface area contributed by atoms with E-state index in [2.05, 4.69) is 11.8 Å². The van der Waals surface area contributed by atoms with Gasteiger partial charge >= 0.3 is 5.69 Å². The van der Waals surface area contributed by atoms with Crippen LogP contribution in [0, 0.1) is 22.0 Å². The average molecular weight is 263 g/mol. The Kier molecular flexibility index (Phi) is 5.83. The lowest BCUT2D eigenvalue weighted by molar-refractivity contribution is -0.386. The number of methoxy groups -OCH3 is 1. The summed E-state index contributed by atoms with van der Waals surface area (Å²) in [6, 6.07) is 4.57. The number of ether oxygens (including phenoxy) is 1. The Labute approximate surface area is 112 Å². The minimum absolute atomic E-state index is 0.122. The maximum Gasteiger partial charge on any atom is 0.317 e. The molecule has 102 valence electrons. The standard InChI is InChI=1S/C14H17NO4/c1-3-4-5-6-9-12(16)11-8-7-10-13(19-2)14(11)15(17)18/h7-8,10,12,16H,3-5H2,1-2H3. The highest BCUT2D eigenvalue weighted by molar-refractivity contribution is 5.55. The smallest absolute Gasteiger partial charge is 0.317 e. The van der Waals surface area contributed by atoms with Crippen LogP contribution in [-0.2, 0) is 0 Å². The molecule has 5 heteroatoms. The Morgan fingerprint density at radius 3 is 2.84 bits per heavy atom. The minimum atomic E-state index is -1.17. The van der Waals surface area contributed by atoms with Gasteiger partial charge in [-0.05, 0) is 18.6 Å². The molecule has 1 aromatic carbocycles. The van der Waals surface area contributed by atoms with E-state index in [4.69, 9.17) is 4.74 Å². The fraction of sp³-hybridized carbons (Fsp3) is 0.429. The number of nitrogens with zero attached hydrogens (tertiary/aromatic N) is 1. The molecule has 1 aromatic rings. The Bertz CT molecular complexity index is 502. The number of nitro benzene ring substituents is 1. The van der Waals surface area contributed by atoms with Crippen molar-refractivity contribution in [2.75, 3.05) is 7.11 Å².